The van der Waals surface area contributed by atoms with Gasteiger partial charge in [0.05, 0.1) is 39.0 Å². The molecule has 5 aromatic rings. The summed E-state index contributed by atoms with van der Waals surface area (Å²) in [6.45, 7) is 9.30. The minimum atomic E-state index is -0.859. The van der Waals surface area contributed by atoms with Crippen LogP contribution in [0.5, 0.6) is 0 Å². The van der Waals surface area contributed by atoms with Crippen molar-refractivity contribution in [1.29, 1.82) is 0 Å². The van der Waals surface area contributed by atoms with Crippen molar-refractivity contribution in [2.24, 2.45) is 17.3 Å². The Morgan fingerprint density at radius 1 is 0.821 bits per heavy atom. The van der Waals surface area contributed by atoms with Crippen LogP contribution in [-0.2, 0) is 30.5 Å². The number of likely N-dealkylation sites (tertiary alicyclic amines) is 1. The number of aliphatic hydroxyl groups excluding tert-OH is 1. The summed E-state index contributed by atoms with van der Waals surface area (Å²) in [5, 5.41) is 24.3. The summed E-state index contributed by atoms with van der Waals surface area (Å²) in [6, 6.07) is 14.3. The average molecular weight is 1080 g/mol. The van der Waals surface area contributed by atoms with Crippen LogP contribution in [0.2, 0.25) is 0 Å². The molecule has 0 radical (unpaired) electrons. The van der Waals surface area contributed by atoms with Gasteiger partial charge in [0.1, 0.15) is 29.5 Å². The number of pyridine rings is 3. The van der Waals surface area contributed by atoms with Gasteiger partial charge >= 0.3 is 0 Å². The molecule has 1 saturated heterocycles. The smallest absolute Gasteiger partial charge is 0.246 e. The van der Waals surface area contributed by atoms with Gasteiger partial charge in [-0.05, 0) is 112 Å². The number of ketones is 2. The number of aromatic nitrogens is 4. The summed E-state index contributed by atoms with van der Waals surface area (Å²) in [5.41, 5.74) is 6.44. The normalized spacial score (nSPS) is 18.9. The first-order chi connectivity index (χ1) is 37.7. The number of β-amino-alcohol motifs (C(OH)–C–C–N with tert-alkyl or cyclic N) is 1. The first kappa shape index (κ1) is 58.0. The van der Waals surface area contributed by atoms with Crippen LogP contribution < -0.4 is 21.3 Å². The van der Waals surface area contributed by atoms with Crippen LogP contribution in [0.1, 0.15) is 164 Å². The van der Waals surface area contributed by atoms with Crippen molar-refractivity contribution >= 4 is 68.9 Å². The topological polar surface area (TPSA) is 218 Å². The predicted molar refractivity (Wildman–Crippen MR) is 306 cm³/mol. The van der Waals surface area contributed by atoms with E-state index in [-0.39, 0.29) is 61.3 Å². The highest BCUT2D eigenvalue weighted by Gasteiger charge is 2.44. The largest absolute Gasteiger partial charge is 0.391 e. The molecular weight excluding hydrogens is 1000 g/mol. The molecule has 2 aliphatic carbocycles. The molecule has 17 heteroatoms. The average Bonchev–Trinajstić information content (AvgIpc) is 4.05. The Hall–Kier alpha value is -6.17. The van der Waals surface area contributed by atoms with Gasteiger partial charge in [-0.25, -0.2) is 15.0 Å². The molecule has 16 nitrogen and oxygen atoms in total. The number of benzene rings is 1. The Balaban J connectivity index is 0.637. The van der Waals surface area contributed by atoms with Gasteiger partial charge in [-0.15, -0.1) is 11.3 Å². The van der Waals surface area contributed by atoms with Gasteiger partial charge in [-0.3, -0.25) is 29.0 Å². The number of thiazole rings is 1. The van der Waals surface area contributed by atoms with E-state index in [1.807, 2.05) is 81.7 Å². The molecule has 4 aromatic heterocycles. The van der Waals surface area contributed by atoms with E-state index in [1.54, 1.807) is 29.9 Å². The number of aryl methyl sites for hydroxylation is 1. The Morgan fingerprint density at radius 2 is 1.54 bits per heavy atom. The van der Waals surface area contributed by atoms with E-state index in [0.717, 1.165) is 128 Å². The first-order valence-electron chi connectivity index (χ1n) is 28.6. The van der Waals surface area contributed by atoms with Gasteiger partial charge in [0.2, 0.25) is 17.7 Å². The molecule has 0 unspecified atom stereocenters. The van der Waals surface area contributed by atoms with Crippen LogP contribution in [0.25, 0.3) is 21.3 Å². The Bertz CT molecular complexity index is 2800. The van der Waals surface area contributed by atoms with Gasteiger partial charge in [0.15, 0.2) is 5.78 Å². The van der Waals surface area contributed by atoms with E-state index in [4.69, 9.17) is 4.74 Å². The fraction of sp³-hybridized carbons (Fsp3) is 0.557. The van der Waals surface area contributed by atoms with Crippen LogP contribution in [-0.4, -0.2) is 103 Å². The number of unbranched alkanes of at least 4 members (excludes halogenated alkanes) is 7. The number of fused-ring (bicyclic) bond motifs is 1. The number of hydrogen-bond acceptors (Lipinski definition) is 14. The molecule has 5 heterocycles. The second-order valence-electron chi connectivity index (χ2n) is 23.0. The van der Waals surface area contributed by atoms with Gasteiger partial charge < -0.3 is 36.0 Å². The monoisotopic (exact) mass is 1080 g/mol. The van der Waals surface area contributed by atoms with Crippen molar-refractivity contribution in [3.63, 3.8) is 0 Å². The fourth-order valence-electron chi connectivity index (χ4n) is 10.7. The number of amides is 3. The molecular formula is C61H81N9O7S. The number of Topliss-reactive ketones (excluding diaryl/α,β-unsaturated/α-hetero) is 2. The number of carbonyl (C=O) groups is 5. The summed E-state index contributed by atoms with van der Waals surface area (Å²) in [6.07, 6.45) is 20.2. The second kappa shape index (κ2) is 28.1. The van der Waals surface area contributed by atoms with Crippen molar-refractivity contribution in [1.82, 2.24) is 35.5 Å². The van der Waals surface area contributed by atoms with E-state index in [0.29, 0.717) is 61.5 Å². The maximum absolute atomic E-state index is 14.0. The summed E-state index contributed by atoms with van der Waals surface area (Å²) in [5.74, 6) is 1.26. The number of carbonyl (C=O) groups excluding carboxylic acids is 5. The van der Waals surface area contributed by atoms with E-state index in [9.17, 15) is 29.1 Å². The van der Waals surface area contributed by atoms with Gasteiger partial charge in [0.25, 0.3) is 0 Å². The summed E-state index contributed by atoms with van der Waals surface area (Å²) in [7, 11) is 0. The number of anilines is 3. The van der Waals surface area contributed by atoms with E-state index in [2.05, 4.69) is 41.2 Å². The predicted octanol–water partition coefficient (Wildman–Crippen LogP) is 10.8. The highest BCUT2D eigenvalue weighted by molar-refractivity contribution is 7.13. The Kier molecular flexibility index (Phi) is 20.9. The quantitative estimate of drug-likeness (QED) is 0.0223. The van der Waals surface area contributed by atoms with Gasteiger partial charge in [-0.2, -0.15) is 0 Å². The third-order valence-electron chi connectivity index (χ3n) is 15.5. The van der Waals surface area contributed by atoms with Crippen LogP contribution >= 0.6 is 11.3 Å². The van der Waals surface area contributed by atoms with Crippen LogP contribution in [0.4, 0.5) is 17.3 Å². The molecule has 0 spiro atoms. The number of nitrogens with one attached hydrogen (secondary N) is 4. The molecule has 3 aliphatic rings. The summed E-state index contributed by atoms with van der Waals surface area (Å²) in [4.78, 5) is 87.8. The maximum Gasteiger partial charge on any atom is 0.246 e. The van der Waals surface area contributed by atoms with Crippen molar-refractivity contribution in [2.75, 3.05) is 30.4 Å². The number of nitrogens with zero attached hydrogens (tertiary/aromatic N) is 5. The lowest BCUT2D eigenvalue weighted by Gasteiger charge is -2.35. The zero-order valence-electron chi connectivity index (χ0n) is 46.2. The van der Waals surface area contributed by atoms with Gasteiger partial charge in [-0.1, -0.05) is 77.1 Å². The molecule has 78 heavy (non-hydrogen) atoms. The molecule has 3 fully saturated rings. The zero-order valence-corrected chi connectivity index (χ0v) is 47.0. The van der Waals surface area contributed by atoms with Crippen LogP contribution in [0.15, 0.2) is 72.6 Å². The third-order valence-corrected chi connectivity index (χ3v) is 16.5. The van der Waals surface area contributed by atoms with Crippen molar-refractivity contribution in [3.05, 3.63) is 89.5 Å². The van der Waals surface area contributed by atoms with E-state index >= 15 is 0 Å². The summed E-state index contributed by atoms with van der Waals surface area (Å²) >= 11 is 1.58. The van der Waals surface area contributed by atoms with Crippen LogP contribution in [0.3, 0.4) is 0 Å². The van der Waals surface area contributed by atoms with Crippen LogP contribution in [0, 0.1) is 24.2 Å². The zero-order chi connectivity index (χ0) is 55.0. The SMILES string of the molecule is Cc1ncsc1-c1ccc(CNC(=O)[C@@H]2C[C@@H](O)CN2C(=O)[C@H](NC(=O)CCCCCOCCCCCCCCC(=O)C2CCC(CC(=O)c3cnc(Nc4ccc5cnccc5n4)cc3NC3CC3)CC2)C(C)(C)C)cc1. The maximum atomic E-state index is 14.0. The highest BCUT2D eigenvalue weighted by atomic mass is 32.1. The number of ether oxygens (including phenoxy) is 1. The van der Waals surface area contributed by atoms with E-state index < -0.39 is 23.6 Å². The number of rotatable bonds is 29. The standard InChI is InChI=1S/C61H81N9O7S/c1-40-57(78-39-65-40)44-22-18-42(19-23-44)35-64-59(75)51-33-47(71)38-70(51)60(76)58(61(2,3)4)69-56(74)15-11-9-13-31-77-30-12-8-6-5-7-10-14-52(72)43-20-16-41(17-21-43)32-53(73)48-37-63-55(34-50(48)66-46-25-26-46)68-54-27-24-45-36-62-29-28-49(45)67-54/h18-19,22-24,27-29,34,36-37,39,41,43,46-47,51,58,71H,5-17,20-21,25-26,30-33,35,38H2,1-4H3,(H,64,75)(H,69,74)(H2,63,66,67,68)/t41?,43?,47-,51+,58+/m1/s1. The molecule has 5 N–H and O–H groups in total. The lowest BCUT2D eigenvalue weighted by atomic mass is 9.77. The summed E-state index contributed by atoms with van der Waals surface area (Å²) < 4.78 is 5.89. The molecule has 3 atom stereocenters. The third kappa shape index (κ3) is 16.9. The van der Waals surface area contributed by atoms with Gasteiger partial charge in [0, 0.05) is 94.0 Å². The Labute approximate surface area is 464 Å². The lowest BCUT2D eigenvalue weighted by molar-refractivity contribution is -0.144. The molecule has 1 aromatic carbocycles. The molecule has 3 amide bonds. The molecule has 8 rings (SSSR count). The lowest BCUT2D eigenvalue weighted by Crippen LogP contribution is -2.57. The van der Waals surface area contributed by atoms with E-state index in [1.165, 1.54) is 4.90 Å². The minimum Gasteiger partial charge on any atom is -0.391 e. The molecule has 1 aliphatic heterocycles. The molecule has 2 saturated carbocycles. The van der Waals surface area contributed by atoms with Crippen molar-refractivity contribution in [3.8, 4) is 10.4 Å². The van der Waals surface area contributed by atoms with Crippen molar-refractivity contribution < 1.29 is 33.8 Å². The first-order valence-corrected chi connectivity index (χ1v) is 29.5. The number of hydrogen-bond donors (Lipinski definition) is 5. The fourth-order valence-corrected chi connectivity index (χ4v) is 11.5. The highest BCUT2D eigenvalue weighted by Crippen LogP contribution is 2.36. The van der Waals surface area contributed by atoms with Crippen molar-refractivity contribution in [2.45, 2.75) is 180 Å². The second-order valence-corrected chi connectivity index (χ2v) is 23.8. The molecule has 418 valence electrons. The Morgan fingerprint density at radius 3 is 2.26 bits per heavy atom. The number of aliphatic hydroxyl groups is 1. The minimum absolute atomic E-state index is 0.0294. The molecule has 0 bridgehead atoms.